The van der Waals surface area contributed by atoms with Gasteiger partial charge < -0.3 is 15.4 Å². The second-order valence-corrected chi connectivity index (χ2v) is 9.08. The lowest BCUT2D eigenvalue weighted by Gasteiger charge is -2.42. The SMILES string of the molecule is Cc1ncccc1Sc1ccc(N2CCC3(CC2)CO[C@@H](C)[C@H]3N)n(C)c1=O. The average molecular weight is 401 g/mol. The van der Waals surface area contributed by atoms with Crippen molar-refractivity contribution in [3.05, 3.63) is 46.5 Å². The molecule has 2 aromatic rings. The Labute approximate surface area is 170 Å². The summed E-state index contributed by atoms with van der Waals surface area (Å²) in [5, 5.41) is 0. The molecule has 0 aliphatic carbocycles. The summed E-state index contributed by atoms with van der Waals surface area (Å²) in [7, 11) is 1.86. The summed E-state index contributed by atoms with van der Waals surface area (Å²) in [6.45, 7) is 6.57. The Balaban J connectivity index is 1.52. The van der Waals surface area contributed by atoms with E-state index in [9.17, 15) is 4.79 Å². The molecule has 0 bridgehead atoms. The van der Waals surface area contributed by atoms with Gasteiger partial charge >= 0.3 is 0 Å². The monoisotopic (exact) mass is 400 g/mol. The number of hydrogen-bond acceptors (Lipinski definition) is 6. The molecule has 7 heteroatoms. The van der Waals surface area contributed by atoms with Crippen LogP contribution in [-0.2, 0) is 11.8 Å². The second-order valence-electron chi connectivity index (χ2n) is 8.00. The highest BCUT2D eigenvalue weighted by atomic mass is 32.2. The number of rotatable bonds is 3. The summed E-state index contributed by atoms with van der Waals surface area (Å²) in [5.74, 6) is 0.965. The van der Waals surface area contributed by atoms with E-state index in [4.69, 9.17) is 10.5 Å². The smallest absolute Gasteiger partial charge is 0.265 e. The van der Waals surface area contributed by atoms with Crippen molar-refractivity contribution in [2.45, 2.75) is 48.6 Å². The molecule has 2 aliphatic rings. The van der Waals surface area contributed by atoms with E-state index in [1.165, 1.54) is 11.8 Å². The molecular weight excluding hydrogens is 372 g/mol. The molecule has 2 aliphatic heterocycles. The van der Waals surface area contributed by atoms with Crippen LogP contribution < -0.4 is 16.2 Å². The summed E-state index contributed by atoms with van der Waals surface area (Å²) in [4.78, 5) is 21.3. The van der Waals surface area contributed by atoms with Crippen molar-refractivity contribution >= 4 is 17.6 Å². The Morgan fingerprint density at radius 1 is 1.25 bits per heavy atom. The molecule has 2 N–H and O–H groups in total. The van der Waals surface area contributed by atoms with Gasteiger partial charge in [-0.05, 0) is 51.0 Å². The van der Waals surface area contributed by atoms with Crippen LogP contribution >= 0.6 is 11.8 Å². The molecule has 0 saturated carbocycles. The van der Waals surface area contributed by atoms with Crippen molar-refractivity contribution < 1.29 is 4.74 Å². The van der Waals surface area contributed by atoms with E-state index >= 15 is 0 Å². The first kappa shape index (κ1) is 19.5. The highest BCUT2D eigenvalue weighted by molar-refractivity contribution is 7.99. The van der Waals surface area contributed by atoms with Gasteiger partial charge in [-0.3, -0.25) is 14.3 Å². The molecule has 28 heavy (non-hydrogen) atoms. The molecule has 2 aromatic heterocycles. The van der Waals surface area contributed by atoms with Crippen LogP contribution in [0.1, 0.15) is 25.5 Å². The molecule has 0 unspecified atom stereocenters. The van der Waals surface area contributed by atoms with Gasteiger partial charge in [0.1, 0.15) is 5.82 Å². The van der Waals surface area contributed by atoms with Gasteiger partial charge in [0.05, 0.1) is 23.3 Å². The van der Waals surface area contributed by atoms with E-state index in [1.807, 2.05) is 32.2 Å². The van der Waals surface area contributed by atoms with Gasteiger partial charge in [0.2, 0.25) is 0 Å². The average Bonchev–Trinajstić information content (AvgIpc) is 2.97. The molecule has 4 heterocycles. The van der Waals surface area contributed by atoms with Crippen LogP contribution in [0.3, 0.4) is 0 Å². The Morgan fingerprint density at radius 2 is 2.00 bits per heavy atom. The fourth-order valence-electron chi connectivity index (χ4n) is 4.35. The molecule has 6 nitrogen and oxygen atoms in total. The van der Waals surface area contributed by atoms with E-state index in [1.54, 1.807) is 10.8 Å². The maximum atomic E-state index is 12.9. The van der Waals surface area contributed by atoms with E-state index in [2.05, 4.69) is 22.9 Å². The number of aromatic nitrogens is 2. The minimum Gasteiger partial charge on any atom is -0.376 e. The predicted octanol–water partition coefficient (Wildman–Crippen LogP) is 2.57. The Bertz CT molecular complexity index is 921. The molecule has 2 fully saturated rings. The van der Waals surface area contributed by atoms with Crippen molar-refractivity contribution in [3.8, 4) is 0 Å². The normalized spacial score (nSPS) is 24.1. The third-order valence-corrected chi connectivity index (χ3v) is 7.53. The lowest BCUT2D eigenvalue weighted by Crippen LogP contribution is -2.51. The largest absolute Gasteiger partial charge is 0.376 e. The van der Waals surface area contributed by atoms with E-state index in [-0.39, 0.29) is 23.1 Å². The number of nitrogens with zero attached hydrogens (tertiary/aromatic N) is 3. The van der Waals surface area contributed by atoms with Gasteiger partial charge in [-0.15, -0.1) is 0 Å². The number of nitrogens with two attached hydrogens (primary N) is 1. The maximum absolute atomic E-state index is 12.9. The molecule has 0 radical (unpaired) electrons. The van der Waals surface area contributed by atoms with Crippen LogP contribution in [0.2, 0.25) is 0 Å². The maximum Gasteiger partial charge on any atom is 0.265 e. The van der Waals surface area contributed by atoms with Gasteiger partial charge in [0.25, 0.3) is 5.56 Å². The third-order valence-electron chi connectivity index (χ3n) is 6.35. The lowest BCUT2D eigenvalue weighted by atomic mass is 9.73. The van der Waals surface area contributed by atoms with Crippen molar-refractivity contribution in [2.75, 3.05) is 24.6 Å². The molecule has 0 amide bonds. The van der Waals surface area contributed by atoms with Crippen LogP contribution in [-0.4, -0.2) is 41.4 Å². The van der Waals surface area contributed by atoms with Gasteiger partial charge in [-0.1, -0.05) is 11.8 Å². The molecule has 2 saturated heterocycles. The fourth-order valence-corrected chi connectivity index (χ4v) is 5.29. The minimum atomic E-state index is 0.0283. The second kappa shape index (κ2) is 7.54. The Hall–Kier alpha value is -1.83. The highest BCUT2D eigenvalue weighted by Crippen LogP contribution is 2.42. The molecular formula is C21H28N4O2S. The first-order chi connectivity index (χ1) is 13.4. The topological polar surface area (TPSA) is 73.4 Å². The minimum absolute atomic E-state index is 0.0283. The number of anilines is 1. The summed E-state index contributed by atoms with van der Waals surface area (Å²) >= 11 is 1.48. The van der Waals surface area contributed by atoms with Crippen LogP contribution in [0.15, 0.2) is 45.0 Å². The zero-order valence-corrected chi connectivity index (χ0v) is 17.5. The number of hydrogen-bond donors (Lipinski definition) is 1. The summed E-state index contributed by atoms with van der Waals surface area (Å²) < 4.78 is 7.58. The number of pyridine rings is 2. The Kier molecular flexibility index (Phi) is 5.24. The lowest BCUT2D eigenvalue weighted by molar-refractivity contribution is 0.0973. The van der Waals surface area contributed by atoms with E-state index in [0.717, 1.165) is 53.8 Å². The zero-order chi connectivity index (χ0) is 19.9. The van der Waals surface area contributed by atoms with Crippen LogP contribution in [0.25, 0.3) is 0 Å². The van der Waals surface area contributed by atoms with Gasteiger partial charge in [-0.2, -0.15) is 0 Å². The Morgan fingerprint density at radius 3 is 2.64 bits per heavy atom. The first-order valence-electron chi connectivity index (χ1n) is 9.83. The van der Waals surface area contributed by atoms with Gasteiger partial charge in [-0.25, -0.2) is 0 Å². The van der Waals surface area contributed by atoms with Crippen LogP contribution in [0.5, 0.6) is 0 Å². The molecule has 1 spiro atoms. The van der Waals surface area contributed by atoms with Crippen LogP contribution in [0, 0.1) is 12.3 Å². The highest BCUT2D eigenvalue weighted by Gasteiger charge is 2.47. The number of aryl methyl sites for hydroxylation is 1. The first-order valence-corrected chi connectivity index (χ1v) is 10.6. The quantitative estimate of drug-likeness (QED) is 0.854. The molecule has 150 valence electrons. The fraction of sp³-hybridized carbons (Fsp3) is 0.524. The summed E-state index contributed by atoms with van der Waals surface area (Å²) in [6, 6.07) is 7.99. The van der Waals surface area contributed by atoms with E-state index in [0.29, 0.717) is 0 Å². The molecule has 2 atom stereocenters. The third kappa shape index (κ3) is 3.36. The summed E-state index contributed by atoms with van der Waals surface area (Å²) in [5.41, 5.74) is 7.47. The molecule has 4 rings (SSSR count). The van der Waals surface area contributed by atoms with E-state index < -0.39 is 0 Å². The van der Waals surface area contributed by atoms with Crippen molar-refractivity contribution in [3.63, 3.8) is 0 Å². The number of ether oxygens (including phenoxy) is 1. The van der Waals surface area contributed by atoms with Gasteiger partial charge in [0, 0.05) is 42.7 Å². The van der Waals surface area contributed by atoms with Gasteiger partial charge in [0.15, 0.2) is 0 Å². The van der Waals surface area contributed by atoms with Crippen LogP contribution in [0.4, 0.5) is 5.82 Å². The number of piperidine rings is 1. The van der Waals surface area contributed by atoms with Crippen molar-refractivity contribution in [1.29, 1.82) is 0 Å². The standard InChI is InChI=1S/C21H28N4O2S/c1-14-16(5-4-10-23-14)28-17-6-7-18(24(3)20(17)26)25-11-8-21(9-12-25)13-27-15(2)19(21)22/h4-7,10,15,19H,8-9,11-13,22H2,1-3H3/t15-,19+/m0/s1. The summed E-state index contributed by atoms with van der Waals surface area (Å²) in [6.07, 6.45) is 3.89. The predicted molar refractivity (Wildman–Crippen MR) is 112 cm³/mol. The zero-order valence-electron chi connectivity index (χ0n) is 16.7. The molecule has 0 aromatic carbocycles. The van der Waals surface area contributed by atoms with Crippen molar-refractivity contribution in [2.24, 2.45) is 18.2 Å². The van der Waals surface area contributed by atoms with Crippen molar-refractivity contribution in [1.82, 2.24) is 9.55 Å².